The van der Waals surface area contributed by atoms with Gasteiger partial charge in [-0.3, -0.25) is 14.4 Å². The zero-order chi connectivity index (χ0) is 22.4. The Morgan fingerprint density at radius 2 is 1.81 bits per heavy atom. The minimum atomic E-state index is -0.391. The van der Waals surface area contributed by atoms with Crippen LogP contribution < -0.4 is 5.32 Å². The molecule has 0 aliphatic carbocycles. The van der Waals surface area contributed by atoms with Gasteiger partial charge in [-0.15, -0.1) is 0 Å². The third-order valence-electron chi connectivity index (χ3n) is 5.31. The van der Waals surface area contributed by atoms with E-state index in [1.807, 2.05) is 49.4 Å². The van der Waals surface area contributed by atoms with Crippen molar-refractivity contribution >= 4 is 35.4 Å². The van der Waals surface area contributed by atoms with Crippen molar-refractivity contribution in [1.82, 2.24) is 15.1 Å². The number of amides is 3. The number of nitrogens with zero attached hydrogens (tertiary/aromatic N) is 2. The van der Waals surface area contributed by atoms with Crippen LogP contribution in [0.2, 0.25) is 5.02 Å². The molecule has 0 spiro atoms. The Hall–Kier alpha value is -3.12. The van der Waals surface area contributed by atoms with Crippen molar-refractivity contribution in [3.8, 4) is 0 Å². The maximum Gasteiger partial charge on any atom is 0.239 e. The van der Waals surface area contributed by atoms with Crippen molar-refractivity contribution in [3.05, 3.63) is 76.4 Å². The number of likely N-dealkylation sites (N-methyl/N-ethyl adjacent to an activating group) is 1. The molecule has 0 bridgehead atoms. The van der Waals surface area contributed by atoms with Gasteiger partial charge in [0.25, 0.3) is 0 Å². The Morgan fingerprint density at radius 1 is 1.10 bits per heavy atom. The van der Waals surface area contributed by atoms with E-state index in [1.165, 1.54) is 11.8 Å². The SMILES string of the molecule is CCN(CC(=O)NCc1ccc(Cl)cc1)C(=O)CC1c2ccccc2C=CN1C(C)=O. The normalized spacial score (nSPS) is 14.7. The molecule has 0 saturated heterocycles. The lowest BCUT2D eigenvalue weighted by Gasteiger charge is -2.33. The summed E-state index contributed by atoms with van der Waals surface area (Å²) in [5.74, 6) is -0.546. The Kier molecular flexibility index (Phi) is 7.47. The van der Waals surface area contributed by atoms with Gasteiger partial charge in [0.1, 0.15) is 0 Å². The molecule has 1 heterocycles. The van der Waals surface area contributed by atoms with Gasteiger partial charge < -0.3 is 15.1 Å². The topological polar surface area (TPSA) is 69.7 Å². The molecule has 0 aromatic heterocycles. The van der Waals surface area contributed by atoms with Crippen LogP contribution in [0, 0.1) is 0 Å². The summed E-state index contributed by atoms with van der Waals surface area (Å²) in [6.07, 6.45) is 3.70. The van der Waals surface area contributed by atoms with Crippen LogP contribution in [0.3, 0.4) is 0 Å². The van der Waals surface area contributed by atoms with E-state index in [-0.39, 0.29) is 30.7 Å². The first-order valence-electron chi connectivity index (χ1n) is 10.2. The van der Waals surface area contributed by atoms with Gasteiger partial charge in [0.15, 0.2) is 0 Å². The lowest BCUT2D eigenvalue weighted by atomic mass is 9.93. The molecular weight excluding hydrogens is 414 g/mol. The van der Waals surface area contributed by atoms with Crippen LogP contribution in [0.15, 0.2) is 54.7 Å². The van der Waals surface area contributed by atoms with Crippen LogP contribution in [-0.2, 0) is 20.9 Å². The molecule has 1 aliphatic rings. The number of hydrogen-bond donors (Lipinski definition) is 1. The van der Waals surface area contributed by atoms with Crippen LogP contribution in [0.1, 0.15) is 43.0 Å². The second kappa shape index (κ2) is 10.3. The summed E-state index contributed by atoms with van der Waals surface area (Å²) < 4.78 is 0. The molecule has 162 valence electrons. The van der Waals surface area contributed by atoms with Gasteiger partial charge in [-0.25, -0.2) is 0 Å². The molecular formula is C24H26ClN3O3. The zero-order valence-corrected chi connectivity index (χ0v) is 18.4. The lowest BCUT2D eigenvalue weighted by molar-refractivity contribution is -0.138. The van der Waals surface area contributed by atoms with Gasteiger partial charge in [0, 0.05) is 31.2 Å². The fourth-order valence-electron chi connectivity index (χ4n) is 3.62. The minimum Gasteiger partial charge on any atom is -0.350 e. The van der Waals surface area contributed by atoms with Crippen LogP contribution in [0.25, 0.3) is 6.08 Å². The van der Waals surface area contributed by atoms with Crippen LogP contribution in [0.5, 0.6) is 0 Å². The summed E-state index contributed by atoms with van der Waals surface area (Å²) in [5, 5.41) is 3.47. The second-order valence-electron chi connectivity index (χ2n) is 7.40. The fraction of sp³-hybridized carbons (Fsp3) is 0.292. The summed E-state index contributed by atoms with van der Waals surface area (Å²) in [5.41, 5.74) is 2.84. The summed E-state index contributed by atoms with van der Waals surface area (Å²) in [6.45, 7) is 4.05. The molecule has 1 atom stereocenters. The average Bonchev–Trinajstić information content (AvgIpc) is 2.77. The second-order valence-corrected chi connectivity index (χ2v) is 7.84. The lowest BCUT2D eigenvalue weighted by Crippen LogP contribution is -2.42. The standard InChI is InChI=1S/C24H26ClN3O3/c1-3-27(16-23(30)26-15-18-8-10-20(25)11-9-18)24(31)14-22-21-7-5-4-6-19(21)12-13-28(22)17(2)29/h4-13,22H,3,14-16H2,1-2H3,(H,26,30). The Bertz CT molecular complexity index is 988. The molecule has 1 aliphatic heterocycles. The summed E-state index contributed by atoms with van der Waals surface area (Å²) >= 11 is 5.88. The highest BCUT2D eigenvalue weighted by molar-refractivity contribution is 6.30. The molecule has 0 saturated carbocycles. The number of carbonyl (C=O) groups excluding carboxylic acids is 3. The minimum absolute atomic E-state index is 0.0345. The molecule has 31 heavy (non-hydrogen) atoms. The number of halogens is 1. The van der Waals surface area contributed by atoms with E-state index < -0.39 is 6.04 Å². The summed E-state index contributed by atoms with van der Waals surface area (Å²) in [6, 6.07) is 14.5. The van der Waals surface area contributed by atoms with Crippen molar-refractivity contribution in [1.29, 1.82) is 0 Å². The predicted octanol–water partition coefficient (Wildman–Crippen LogP) is 3.77. The monoisotopic (exact) mass is 439 g/mol. The molecule has 3 rings (SSSR count). The molecule has 2 aromatic rings. The predicted molar refractivity (Wildman–Crippen MR) is 121 cm³/mol. The third kappa shape index (κ3) is 5.73. The van der Waals surface area contributed by atoms with E-state index in [1.54, 1.807) is 23.2 Å². The maximum absolute atomic E-state index is 13.0. The molecule has 2 aromatic carbocycles. The highest BCUT2D eigenvalue weighted by Gasteiger charge is 2.30. The van der Waals surface area contributed by atoms with Gasteiger partial charge in [-0.05, 0) is 41.8 Å². The summed E-state index contributed by atoms with van der Waals surface area (Å²) in [4.78, 5) is 40.7. The van der Waals surface area contributed by atoms with Crippen molar-refractivity contribution in [2.45, 2.75) is 32.9 Å². The Labute approximate surface area is 187 Å². The average molecular weight is 440 g/mol. The van der Waals surface area contributed by atoms with E-state index in [0.29, 0.717) is 18.1 Å². The number of hydrogen-bond acceptors (Lipinski definition) is 3. The van der Waals surface area contributed by atoms with E-state index in [2.05, 4.69) is 5.32 Å². The number of benzene rings is 2. The quantitative estimate of drug-likeness (QED) is 0.714. The van der Waals surface area contributed by atoms with E-state index in [0.717, 1.165) is 16.7 Å². The van der Waals surface area contributed by atoms with Gasteiger partial charge in [-0.1, -0.05) is 48.0 Å². The number of carbonyl (C=O) groups is 3. The molecule has 1 N–H and O–H groups in total. The molecule has 1 unspecified atom stereocenters. The van der Waals surface area contributed by atoms with Crippen LogP contribution >= 0.6 is 11.6 Å². The first-order valence-corrected chi connectivity index (χ1v) is 10.6. The third-order valence-corrected chi connectivity index (χ3v) is 5.56. The van der Waals surface area contributed by atoms with Crippen LogP contribution in [-0.4, -0.2) is 40.6 Å². The van der Waals surface area contributed by atoms with E-state index in [4.69, 9.17) is 11.6 Å². The van der Waals surface area contributed by atoms with Crippen molar-refractivity contribution < 1.29 is 14.4 Å². The van der Waals surface area contributed by atoms with Gasteiger partial charge in [0.05, 0.1) is 19.0 Å². The van der Waals surface area contributed by atoms with Crippen molar-refractivity contribution in [2.24, 2.45) is 0 Å². The molecule has 0 radical (unpaired) electrons. The van der Waals surface area contributed by atoms with Crippen LogP contribution in [0.4, 0.5) is 0 Å². The van der Waals surface area contributed by atoms with E-state index in [9.17, 15) is 14.4 Å². The Morgan fingerprint density at radius 3 is 2.48 bits per heavy atom. The molecule has 6 nitrogen and oxygen atoms in total. The van der Waals surface area contributed by atoms with Crippen molar-refractivity contribution in [2.75, 3.05) is 13.1 Å². The van der Waals surface area contributed by atoms with Gasteiger partial charge in [0.2, 0.25) is 17.7 Å². The number of fused-ring (bicyclic) bond motifs is 1. The Balaban J connectivity index is 1.64. The van der Waals surface area contributed by atoms with Gasteiger partial charge >= 0.3 is 0 Å². The summed E-state index contributed by atoms with van der Waals surface area (Å²) in [7, 11) is 0. The van der Waals surface area contributed by atoms with Crippen molar-refractivity contribution in [3.63, 3.8) is 0 Å². The maximum atomic E-state index is 13.0. The van der Waals surface area contributed by atoms with E-state index >= 15 is 0 Å². The zero-order valence-electron chi connectivity index (χ0n) is 17.7. The highest BCUT2D eigenvalue weighted by Crippen LogP contribution is 2.33. The first-order chi connectivity index (χ1) is 14.9. The van der Waals surface area contributed by atoms with Gasteiger partial charge in [-0.2, -0.15) is 0 Å². The first kappa shape index (κ1) is 22.6. The smallest absolute Gasteiger partial charge is 0.239 e. The fourth-order valence-corrected chi connectivity index (χ4v) is 3.74. The molecule has 7 heteroatoms. The highest BCUT2D eigenvalue weighted by atomic mass is 35.5. The number of rotatable bonds is 7. The largest absolute Gasteiger partial charge is 0.350 e. The number of nitrogens with one attached hydrogen (secondary N) is 1. The molecule has 0 fully saturated rings. The molecule has 3 amide bonds.